The Hall–Kier alpha value is -1.56. The molecule has 1 aromatic heterocycles. The molecule has 0 unspecified atom stereocenters. The maximum atomic E-state index is 13.1. The molecule has 1 aromatic carbocycles. The third-order valence-corrected chi connectivity index (χ3v) is 5.47. The summed E-state index contributed by atoms with van der Waals surface area (Å²) < 4.78 is 1.78. The van der Waals surface area contributed by atoms with Gasteiger partial charge < -0.3 is 10.2 Å². The van der Waals surface area contributed by atoms with Gasteiger partial charge in [0.15, 0.2) is 0 Å². The lowest BCUT2D eigenvalue weighted by atomic mass is 9.89. The van der Waals surface area contributed by atoms with Gasteiger partial charge in [-0.2, -0.15) is 5.10 Å². The molecule has 1 N–H and O–H groups in total. The number of nitrogens with zero attached hydrogens (tertiary/aromatic N) is 3. The van der Waals surface area contributed by atoms with E-state index in [1.807, 2.05) is 43.4 Å². The highest BCUT2D eigenvalue weighted by atomic mass is 35.5. The van der Waals surface area contributed by atoms with Gasteiger partial charge in [0.2, 0.25) is 5.91 Å². The third kappa shape index (κ3) is 4.00. The number of carbonyl (C=O) groups is 1. The molecule has 1 amide bonds. The molecule has 0 aliphatic carbocycles. The third-order valence-electron chi connectivity index (χ3n) is 4.74. The standard InChI is InChI=1S/C18H22Cl2N4O/c1-3-24(10-12-4-5-16(19)17(20)6-12)18(25)15-9-21-8-14(15)13-7-22-23(2)11-13/h4-7,11,14-15,21H,3,8-10H2,1-2H3/t14-,15+/m1/s1. The molecule has 1 aliphatic heterocycles. The number of rotatable bonds is 5. The molecule has 1 fully saturated rings. The van der Waals surface area contributed by atoms with Gasteiger partial charge in [-0.3, -0.25) is 9.48 Å². The molecule has 0 spiro atoms. The molecule has 2 atom stereocenters. The number of benzene rings is 1. The molecule has 0 bridgehead atoms. The zero-order valence-corrected chi connectivity index (χ0v) is 15.9. The quantitative estimate of drug-likeness (QED) is 0.866. The maximum Gasteiger partial charge on any atom is 0.227 e. The molecule has 3 rings (SSSR count). The summed E-state index contributed by atoms with van der Waals surface area (Å²) in [5.41, 5.74) is 2.09. The summed E-state index contributed by atoms with van der Waals surface area (Å²) in [6.45, 7) is 4.66. The zero-order valence-electron chi connectivity index (χ0n) is 14.4. The van der Waals surface area contributed by atoms with E-state index in [0.29, 0.717) is 29.7 Å². The normalized spacial score (nSPS) is 20.0. The molecule has 7 heteroatoms. The Morgan fingerprint density at radius 2 is 2.16 bits per heavy atom. The molecule has 0 radical (unpaired) electrons. The number of amides is 1. The summed E-state index contributed by atoms with van der Waals surface area (Å²) in [6.07, 6.45) is 3.85. The molecule has 0 saturated carbocycles. The lowest BCUT2D eigenvalue weighted by molar-refractivity contribution is -0.135. The van der Waals surface area contributed by atoms with Crippen molar-refractivity contribution in [3.63, 3.8) is 0 Å². The van der Waals surface area contributed by atoms with E-state index in [0.717, 1.165) is 17.7 Å². The van der Waals surface area contributed by atoms with Crippen molar-refractivity contribution >= 4 is 29.1 Å². The van der Waals surface area contributed by atoms with E-state index in [2.05, 4.69) is 10.4 Å². The maximum absolute atomic E-state index is 13.1. The van der Waals surface area contributed by atoms with Crippen LogP contribution in [0.4, 0.5) is 0 Å². The van der Waals surface area contributed by atoms with E-state index in [4.69, 9.17) is 23.2 Å². The van der Waals surface area contributed by atoms with Gasteiger partial charge in [-0.1, -0.05) is 29.3 Å². The Bertz CT molecular complexity index is 761. The first-order chi connectivity index (χ1) is 12.0. The van der Waals surface area contributed by atoms with Crippen LogP contribution in [0, 0.1) is 5.92 Å². The van der Waals surface area contributed by atoms with E-state index < -0.39 is 0 Å². The van der Waals surface area contributed by atoms with Crippen molar-refractivity contribution in [2.75, 3.05) is 19.6 Å². The molecule has 5 nitrogen and oxygen atoms in total. The van der Waals surface area contributed by atoms with Gasteiger partial charge in [0.25, 0.3) is 0 Å². The molecule has 2 aromatic rings. The van der Waals surface area contributed by atoms with Crippen LogP contribution in [0.25, 0.3) is 0 Å². The van der Waals surface area contributed by atoms with Crippen molar-refractivity contribution in [3.05, 3.63) is 51.8 Å². The summed E-state index contributed by atoms with van der Waals surface area (Å²) >= 11 is 12.1. The fourth-order valence-electron chi connectivity index (χ4n) is 3.36. The van der Waals surface area contributed by atoms with Gasteiger partial charge >= 0.3 is 0 Å². The molecular weight excluding hydrogens is 359 g/mol. The summed E-state index contributed by atoms with van der Waals surface area (Å²) in [7, 11) is 1.89. The second kappa shape index (κ2) is 7.77. The van der Waals surface area contributed by atoms with E-state index in [1.165, 1.54) is 0 Å². The average molecular weight is 381 g/mol. The van der Waals surface area contributed by atoms with Crippen LogP contribution in [0.15, 0.2) is 30.6 Å². The van der Waals surface area contributed by atoms with E-state index in [1.54, 1.807) is 10.7 Å². The SMILES string of the molecule is CCN(Cc1ccc(Cl)c(Cl)c1)C(=O)[C@H]1CNC[C@@H]1c1cnn(C)c1. The van der Waals surface area contributed by atoms with Gasteiger partial charge in [-0.25, -0.2) is 0 Å². The minimum Gasteiger partial charge on any atom is -0.338 e. The lowest BCUT2D eigenvalue weighted by Gasteiger charge is -2.27. The van der Waals surface area contributed by atoms with Crippen LogP contribution < -0.4 is 5.32 Å². The molecule has 1 aliphatic rings. The number of aromatic nitrogens is 2. The Morgan fingerprint density at radius 3 is 2.80 bits per heavy atom. The highest BCUT2D eigenvalue weighted by Gasteiger charge is 2.36. The van der Waals surface area contributed by atoms with Crippen LogP contribution in [0.3, 0.4) is 0 Å². The van der Waals surface area contributed by atoms with E-state index >= 15 is 0 Å². The van der Waals surface area contributed by atoms with Crippen LogP contribution in [0.1, 0.15) is 24.0 Å². The fourth-order valence-corrected chi connectivity index (χ4v) is 3.68. The number of hydrogen-bond acceptors (Lipinski definition) is 3. The van der Waals surface area contributed by atoms with Gasteiger partial charge in [-0.15, -0.1) is 0 Å². The Kier molecular flexibility index (Phi) is 5.67. The Balaban J connectivity index is 1.75. The largest absolute Gasteiger partial charge is 0.338 e. The molecular formula is C18H22Cl2N4O. The van der Waals surface area contributed by atoms with Gasteiger partial charge in [-0.05, 0) is 30.2 Å². The lowest BCUT2D eigenvalue weighted by Crippen LogP contribution is -2.38. The predicted molar refractivity (Wildman–Crippen MR) is 99.9 cm³/mol. The number of hydrogen-bond donors (Lipinski definition) is 1. The summed E-state index contributed by atoms with van der Waals surface area (Å²) in [6, 6.07) is 5.51. The fraction of sp³-hybridized carbons (Fsp3) is 0.444. The molecule has 134 valence electrons. The first kappa shape index (κ1) is 18.2. The first-order valence-electron chi connectivity index (χ1n) is 8.41. The van der Waals surface area contributed by atoms with E-state index in [-0.39, 0.29) is 17.7 Å². The van der Waals surface area contributed by atoms with Crippen LogP contribution in [-0.2, 0) is 18.4 Å². The van der Waals surface area contributed by atoms with Crippen molar-refractivity contribution in [3.8, 4) is 0 Å². The van der Waals surface area contributed by atoms with Gasteiger partial charge in [0.1, 0.15) is 0 Å². The minimum absolute atomic E-state index is 0.0769. The van der Waals surface area contributed by atoms with Crippen molar-refractivity contribution in [2.45, 2.75) is 19.4 Å². The van der Waals surface area contributed by atoms with Gasteiger partial charge in [0.05, 0.1) is 22.2 Å². The van der Waals surface area contributed by atoms with Crippen LogP contribution in [-0.4, -0.2) is 40.2 Å². The topological polar surface area (TPSA) is 50.2 Å². The Morgan fingerprint density at radius 1 is 1.36 bits per heavy atom. The highest BCUT2D eigenvalue weighted by Crippen LogP contribution is 2.30. The summed E-state index contributed by atoms with van der Waals surface area (Å²) in [5.74, 6) is 0.239. The summed E-state index contributed by atoms with van der Waals surface area (Å²) in [5, 5.41) is 8.63. The highest BCUT2D eigenvalue weighted by molar-refractivity contribution is 6.42. The molecule has 25 heavy (non-hydrogen) atoms. The second-order valence-electron chi connectivity index (χ2n) is 6.42. The monoisotopic (exact) mass is 380 g/mol. The van der Waals surface area contributed by atoms with Crippen molar-refractivity contribution < 1.29 is 4.79 Å². The van der Waals surface area contributed by atoms with Crippen LogP contribution in [0.5, 0.6) is 0 Å². The van der Waals surface area contributed by atoms with Crippen LogP contribution >= 0.6 is 23.2 Å². The van der Waals surface area contributed by atoms with Crippen molar-refractivity contribution in [1.29, 1.82) is 0 Å². The average Bonchev–Trinajstić information content (AvgIpc) is 3.23. The molecule has 2 heterocycles. The van der Waals surface area contributed by atoms with E-state index in [9.17, 15) is 4.79 Å². The smallest absolute Gasteiger partial charge is 0.227 e. The second-order valence-corrected chi connectivity index (χ2v) is 7.23. The predicted octanol–water partition coefficient (Wildman–Crippen LogP) is 3.08. The number of halogens is 2. The minimum atomic E-state index is -0.0769. The number of nitrogens with one attached hydrogen (secondary N) is 1. The molecule has 1 saturated heterocycles. The summed E-state index contributed by atoms with van der Waals surface area (Å²) in [4.78, 5) is 15.0. The Labute approximate surface area is 157 Å². The van der Waals surface area contributed by atoms with Gasteiger partial charge in [0, 0.05) is 45.3 Å². The van der Waals surface area contributed by atoms with Crippen molar-refractivity contribution in [1.82, 2.24) is 20.0 Å². The van der Waals surface area contributed by atoms with Crippen LogP contribution in [0.2, 0.25) is 10.0 Å². The zero-order chi connectivity index (χ0) is 18.0. The number of aryl methyl sites for hydroxylation is 1. The number of carbonyl (C=O) groups excluding carboxylic acids is 1. The van der Waals surface area contributed by atoms with Crippen molar-refractivity contribution in [2.24, 2.45) is 13.0 Å². The first-order valence-corrected chi connectivity index (χ1v) is 9.17.